The summed E-state index contributed by atoms with van der Waals surface area (Å²) in [4.78, 5) is 12.2. The Morgan fingerprint density at radius 1 is 1.23 bits per heavy atom. The van der Waals surface area contributed by atoms with Gasteiger partial charge in [0.2, 0.25) is 0 Å². The van der Waals surface area contributed by atoms with Crippen LogP contribution >= 0.6 is 11.8 Å². The number of carbonyl (C=O) groups is 1. The number of ether oxygens (including phenoxy) is 1. The minimum absolute atomic E-state index is 0.0790. The molecule has 1 heterocycles. The number of hydrogen-bond donors (Lipinski definition) is 0. The zero-order valence-corrected chi connectivity index (χ0v) is 14.0. The first-order valence-corrected chi connectivity index (χ1v) is 8.40. The maximum Gasteiger partial charge on any atom is 0.191 e. The summed E-state index contributed by atoms with van der Waals surface area (Å²) in [6.07, 6.45) is 1.95. The number of rotatable bonds is 8. The van der Waals surface area contributed by atoms with Crippen LogP contribution in [0.5, 0.6) is 5.75 Å². The number of aryl methyl sites for hydroxylation is 1. The third-order valence-electron chi connectivity index (χ3n) is 3.33. The number of Topliss-reactive ketones (excluding diaryl/α,β-unsaturated/α-hetero) is 1. The molecule has 0 amide bonds. The molecule has 0 atom stereocenters. The lowest BCUT2D eigenvalue weighted by atomic mass is 10.1. The molecule has 0 radical (unpaired) electrons. The van der Waals surface area contributed by atoms with E-state index in [9.17, 15) is 4.79 Å². The minimum atomic E-state index is 0.0790. The van der Waals surface area contributed by atoms with Crippen LogP contribution in [0.1, 0.15) is 36.5 Å². The Hall–Kier alpha value is -1.82. The largest absolute Gasteiger partial charge is 0.497 e. The van der Waals surface area contributed by atoms with Gasteiger partial charge >= 0.3 is 0 Å². The van der Waals surface area contributed by atoms with E-state index in [0.29, 0.717) is 11.3 Å². The van der Waals surface area contributed by atoms with Crippen molar-refractivity contribution < 1.29 is 9.53 Å². The molecule has 6 heteroatoms. The van der Waals surface area contributed by atoms with Gasteiger partial charge < -0.3 is 9.30 Å². The molecule has 2 rings (SSSR count). The Bertz CT molecular complexity index is 623. The van der Waals surface area contributed by atoms with Gasteiger partial charge in [0.05, 0.1) is 12.9 Å². The van der Waals surface area contributed by atoms with Crippen LogP contribution in [0.15, 0.2) is 29.4 Å². The number of nitrogens with zero attached hydrogens (tertiary/aromatic N) is 3. The molecule has 22 heavy (non-hydrogen) atoms. The first-order valence-electron chi connectivity index (χ1n) is 7.41. The SMILES string of the molecule is CCCc1nnc(SCC(=O)c2ccc(OC)cc2)n1CC. The van der Waals surface area contributed by atoms with Crippen LogP contribution in [0.3, 0.4) is 0 Å². The fourth-order valence-electron chi connectivity index (χ4n) is 2.14. The van der Waals surface area contributed by atoms with Crippen molar-refractivity contribution >= 4 is 17.5 Å². The molecule has 5 nitrogen and oxygen atoms in total. The van der Waals surface area contributed by atoms with Gasteiger partial charge in [0.15, 0.2) is 10.9 Å². The van der Waals surface area contributed by atoms with Gasteiger partial charge in [-0.15, -0.1) is 10.2 Å². The van der Waals surface area contributed by atoms with Crippen LogP contribution < -0.4 is 4.74 Å². The van der Waals surface area contributed by atoms with E-state index in [4.69, 9.17) is 4.74 Å². The lowest BCUT2D eigenvalue weighted by Gasteiger charge is -2.06. The predicted molar refractivity (Wildman–Crippen MR) is 87.7 cm³/mol. The second-order valence-corrected chi connectivity index (χ2v) is 5.78. The van der Waals surface area contributed by atoms with Crippen molar-refractivity contribution in [2.45, 2.75) is 38.4 Å². The first kappa shape index (κ1) is 16.5. The average molecular weight is 319 g/mol. The summed E-state index contributed by atoms with van der Waals surface area (Å²) >= 11 is 1.44. The Balaban J connectivity index is 2.01. The lowest BCUT2D eigenvalue weighted by Crippen LogP contribution is -2.06. The van der Waals surface area contributed by atoms with E-state index >= 15 is 0 Å². The molecule has 1 aromatic carbocycles. The van der Waals surface area contributed by atoms with E-state index < -0.39 is 0 Å². The van der Waals surface area contributed by atoms with Crippen molar-refractivity contribution in [3.8, 4) is 5.75 Å². The van der Waals surface area contributed by atoms with Crippen molar-refractivity contribution in [3.05, 3.63) is 35.7 Å². The third-order valence-corrected chi connectivity index (χ3v) is 4.29. The van der Waals surface area contributed by atoms with Gasteiger partial charge in [-0.1, -0.05) is 18.7 Å². The summed E-state index contributed by atoms with van der Waals surface area (Å²) in [5, 5.41) is 9.23. The highest BCUT2D eigenvalue weighted by molar-refractivity contribution is 7.99. The highest BCUT2D eigenvalue weighted by atomic mass is 32.2. The fourth-order valence-corrected chi connectivity index (χ4v) is 3.06. The molecule has 0 fully saturated rings. The second kappa shape index (κ2) is 7.98. The fraction of sp³-hybridized carbons (Fsp3) is 0.438. The zero-order valence-electron chi connectivity index (χ0n) is 13.2. The summed E-state index contributed by atoms with van der Waals surface area (Å²) in [5.74, 6) is 2.18. The molecule has 0 N–H and O–H groups in total. The molecule has 1 aromatic heterocycles. The van der Waals surface area contributed by atoms with Gasteiger partial charge in [-0.2, -0.15) is 0 Å². The number of hydrogen-bond acceptors (Lipinski definition) is 5. The van der Waals surface area contributed by atoms with E-state index in [1.807, 2.05) is 0 Å². The average Bonchev–Trinajstić information content (AvgIpc) is 2.95. The molecular weight excluding hydrogens is 298 g/mol. The monoisotopic (exact) mass is 319 g/mol. The van der Waals surface area contributed by atoms with Crippen molar-refractivity contribution in [2.24, 2.45) is 0 Å². The van der Waals surface area contributed by atoms with Gasteiger partial charge in [0.25, 0.3) is 0 Å². The van der Waals surface area contributed by atoms with Crippen molar-refractivity contribution in [1.29, 1.82) is 0 Å². The summed E-state index contributed by atoms with van der Waals surface area (Å²) in [6, 6.07) is 7.17. The molecule has 0 bridgehead atoms. The van der Waals surface area contributed by atoms with Crippen LogP contribution in [0, 0.1) is 0 Å². The third kappa shape index (κ3) is 3.88. The van der Waals surface area contributed by atoms with E-state index in [0.717, 1.165) is 36.1 Å². The topological polar surface area (TPSA) is 57.0 Å². The van der Waals surface area contributed by atoms with Crippen LogP contribution in [-0.4, -0.2) is 33.4 Å². The molecule has 118 valence electrons. The highest BCUT2D eigenvalue weighted by Crippen LogP contribution is 2.20. The van der Waals surface area contributed by atoms with Crippen molar-refractivity contribution in [2.75, 3.05) is 12.9 Å². The smallest absolute Gasteiger partial charge is 0.191 e. The van der Waals surface area contributed by atoms with Gasteiger partial charge in [0.1, 0.15) is 11.6 Å². The van der Waals surface area contributed by atoms with Crippen LogP contribution in [0.25, 0.3) is 0 Å². The molecule has 0 saturated heterocycles. The Morgan fingerprint density at radius 2 is 1.95 bits per heavy atom. The second-order valence-electron chi connectivity index (χ2n) is 4.83. The van der Waals surface area contributed by atoms with Crippen LogP contribution in [-0.2, 0) is 13.0 Å². The van der Waals surface area contributed by atoms with Gasteiger partial charge in [-0.25, -0.2) is 0 Å². The quantitative estimate of drug-likeness (QED) is 0.552. The standard InChI is InChI=1S/C16H21N3O2S/c1-4-6-15-17-18-16(19(15)5-2)22-11-14(20)12-7-9-13(21-3)10-8-12/h7-10H,4-6,11H2,1-3H3. The number of carbonyl (C=O) groups excluding carboxylic acids is 1. The van der Waals surface area contributed by atoms with Gasteiger partial charge in [-0.05, 0) is 37.6 Å². The highest BCUT2D eigenvalue weighted by Gasteiger charge is 2.13. The molecule has 0 aliphatic rings. The maximum atomic E-state index is 12.2. The number of ketones is 1. The Labute approximate surface area is 135 Å². The van der Waals surface area contributed by atoms with Crippen molar-refractivity contribution in [1.82, 2.24) is 14.8 Å². The summed E-state index contributed by atoms with van der Waals surface area (Å²) < 4.78 is 7.17. The Kier molecular flexibility index (Phi) is 6.00. The van der Waals surface area contributed by atoms with Crippen LogP contribution in [0.2, 0.25) is 0 Å². The molecule has 2 aromatic rings. The maximum absolute atomic E-state index is 12.2. The number of aromatic nitrogens is 3. The molecule has 0 spiro atoms. The van der Waals surface area contributed by atoms with Crippen molar-refractivity contribution in [3.63, 3.8) is 0 Å². The first-order chi connectivity index (χ1) is 10.7. The molecule has 0 saturated carbocycles. The molecular formula is C16H21N3O2S. The van der Waals surface area contributed by atoms with E-state index in [1.165, 1.54) is 11.8 Å². The lowest BCUT2D eigenvalue weighted by molar-refractivity contribution is 0.102. The van der Waals surface area contributed by atoms with Gasteiger partial charge in [0, 0.05) is 18.5 Å². The van der Waals surface area contributed by atoms with E-state index in [-0.39, 0.29) is 5.78 Å². The number of thioether (sulfide) groups is 1. The summed E-state index contributed by atoms with van der Waals surface area (Å²) in [7, 11) is 1.61. The summed E-state index contributed by atoms with van der Waals surface area (Å²) in [5.41, 5.74) is 0.685. The van der Waals surface area contributed by atoms with E-state index in [1.54, 1.807) is 31.4 Å². The van der Waals surface area contributed by atoms with Crippen LogP contribution in [0.4, 0.5) is 0 Å². The van der Waals surface area contributed by atoms with Gasteiger partial charge in [-0.3, -0.25) is 4.79 Å². The molecule has 0 unspecified atom stereocenters. The Morgan fingerprint density at radius 3 is 2.55 bits per heavy atom. The number of benzene rings is 1. The summed E-state index contributed by atoms with van der Waals surface area (Å²) in [6.45, 7) is 5.01. The van der Waals surface area contributed by atoms with E-state index in [2.05, 4.69) is 28.6 Å². The molecule has 0 aliphatic heterocycles. The zero-order chi connectivity index (χ0) is 15.9. The minimum Gasteiger partial charge on any atom is -0.497 e. The normalized spacial score (nSPS) is 10.7. The number of methoxy groups -OCH3 is 1. The predicted octanol–water partition coefficient (Wildman–Crippen LogP) is 3.23. The molecule has 0 aliphatic carbocycles.